The fraction of sp³-hybridized carbons (Fsp3) is 0.556. The maximum absolute atomic E-state index is 15.4. The largest absolute Gasteiger partial charge is 0.755 e. The second-order valence-electron chi connectivity index (χ2n) is 14.9. The minimum atomic E-state index is -4.92. The molecule has 0 fully saturated rings. The van der Waals surface area contributed by atoms with Crippen LogP contribution in [0, 0.1) is 5.82 Å². The molecule has 3 rings (SSSR count). The first-order chi connectivity index (χ1) is 25.8. The lowest BCUT2D eigenvalue weighted by Gasteiger charge is -2.37. The molecule has 2 unspecified atom stereocenters. The Labute approximate surface area is 326 Å². The molecule has 56 heavy (non-hydrogen) atoms. The van der Waals surface area contributed by atoms with Gasteiger partial charge in [-0.2, -0.15) is 23.0 Å². The Morgan fingerprint density at radius 1 is 0.964 bits per heavy atom. The number of nitrogens with zero attached hydrogens (tertiary/aromatic N) is 4. The summed E-state index contributed by atoms with van der Waals surface area (Å²) in [5.74, 6) is -1.89. The highest BCUT2D eigenvalue weighted by atomic mass is 32.2. The molecule has 1 amide bonds. The predicted octanol–water partition coefficient (Wildman–Crippen LogP) is 8.04. The van der Waals surface area contributed by atoms with Crippen LogP contribution in [-0.4, -0.2) is 92.5 Å². The van der Waals surface area contributed by atoms with E-state index in [9.17, 15) is 41.4 Å². The molecule has 0 aliphatic rings. The van der Waals surface area contributed by atoms with E-state index < -0.39 is 90.4 Å². The lowest BCUT2D eigenvalue weighted by Crippen LogP contribution is -2.45. The molecule has 0 radical (unpaired) electrons. The topological polar surface area (TPSA) is 173 Å². The van der Waals surface area contributed by atoms with Gasteiger partial charge in [0.05, 0.1) is 30.4 Å². The summed E-state index contributed by atoms with van der Waals surface area (Å²) in [6, 6.07) is 8.99. The molecule has 0 saturated heterocycles. The number of anilines is 1. The summed E-state index contributed by atoms with van der Waals surface area (Å²) in [4.78, 5) is 39.3. The van der Waals surface area contributed by atoms with Crippen molar-refractivity contribution in [3.8, 4) is 5.75 Å². The molecule has 0 aliphatic heterocycles. The number of amides is 1. The number of aromatic nitrogens is 2. The summed E-state index contributed by atoms with van der Waals surface area (Å²) in [6.07, 6.45) is -8.43. The van der Waals surface area contributed by atoms with Crippen LogP contribution in [-0.2, 0) is 36.1 Å². The highest BCUT2D eigenvalue weighted by Gasteiger charge is 2.38. The number of rotatable bonds is 16. The first kappa shape index (κ1) is 46.1. The number of alkyl halides is 3. The summed E-state index contributed by atoms with van der Waals surface area (Å²) in [5.41, 5.74) is -3.82. The number of hydrogen-bond donors (Lipinski definition) is 1. The number of hydrogen-bond acceptors (Lipinski definition) is 10. The van der Waals surface area contributed by atoms with Crippen LogP contribution >= 0.6 is 0 Å². The van der Waals surface area contributed by atoms with E-state index in [0.717, 1.165) is 18.2 Å². The van der Waals surface area contributed by atoms with Gasteiger partial charge in [-0.15, -0.1) is 0 Å². The average Bonchev–Trinajstić information content (AvgIpc) is 3.47. The van der Waals surface area contributed by atoms with E-state index in [1.54, 1.807) is 41.5 Å². The molecule has 0 bridgehead atoms. The molecule has 14 nitrogen and oxygen atoms in total. The van der Waals surface area contributed by atoms with Gasteiger partial charge < -0.3 is 33.2 Å². The number of fused-ring (bicyclic) bond motifs is 1. The number of carbonyl (C=O) groups is 3. The molecule has 1 N–H and O–H groups in total. The van der Waals surface area contributed by atoms with Gasteiger partial charge in [0.25, 0.3) is 0 Å². The van der Waals surface area contributed by atoms with Crippen molar-refractivity contribution in [2.24, 2.45) is 0 Å². The van der Waals surface area contributed by atoms with Crippen molar-refractivity contribution in [1.29, 1.82) is 0 Å². The van der Waals surface area contributed by atoms with Crippen molar-refractivity contribution in [2.75, 3.05) is 30.5 Å². The molecule has 1 heterocycles. The van der Waals surface area contributed by atoms with Crippen LogP contribution in [0.5, 0.6) is 5.75 Å². The fourth-order valence-corrected chi connectivity index (χ4v) is 9.07. The number of ether oxygens (including phenoxy) is 3. The zero-order valence-electron chi connectivity index (χ0n) is 32.8. The molecular formula is C36H49F4N4O10SSi-. The average molecular weight is 834 g/mol. The van der Waals surface area contributed by atoms with Crippen LogP contribution in [0.3, 0.4) is 0 Å². The van der Waals surface area contributed by atoms with E-state index in [0.29, 0.717) is 22.4 Å². The molecule has 0 spiro atoms. The van der Waals surface area contributed by atoms with E-state index >= 15 is 4.39 Å². The Kier molecular flexibility index (Phi) is 15.1. The van der Waals surface area contributed by atoms with E-state index in [2.05, 4.69) is 5.10 Å². The van der Waals surface area contributed by atoms with Gasteiger partial charge >= 0.3 is 24.3 Å². The van der Waals surface area contributed by atoms with E-state index in [1.165, 1.54) is 23.1 Å². The van der Waals surface area contributed by atoms with Gasteiger partial charge in [-0.3, -0.25) is 13.3 Å². The number of esters is 1. The third kappa shape index (κ3) is 12.4. The zero-order chi connectivity index (χ0) is 42.4. The lowest BCUT2D eigenvalue weighted by atomic mass is 10.1. The van der Waals surface area contributed by atoms with Crippen molar-refractivity contribution in [1.82, 2.24) is 14.7 Å². The molecule has 20 heteroatoms. The van der Waals surface area contributed by atoms with Crippen LogP contribution in [0.15, 0.2) is 36.4 Å². The smallest absolute Gasteiger partial charge is 0.435 e. The Morgan fingerprint density at radius 2 is 1.57 bits per heavy atom. The van der Waals surface area contributed by atoms with Crippen LogP contribution in [0.1, 0.15) is 79.7 Å². The summed E-state index contributed by atoms with van der Waals surface area (Å²) < 4.78 is 105. The van der Waals surface area contributed by atoms with Gasteiger partial charge in [-0.1, -0.05) is 26.8 Å². The van der Waals surface area contributed by atoms with Crippen molar-refractivity contribution < 1.29 is 64.5 Å². The first-order valence-electron chi connectivity index (χ1n) is 17.8. The number of carboxylic acid groups (broad SMARTS) is 1. The molecule has 3 aromatic rings. The number of benzene rings is 2. The van der Waals surface area contributed by atoms with Crippen molar-refractivity contribution in [3.63, 3.8) is 0 Å². The van der Waals surface area contributed by atoms with Gasteiger partial charge in [0.1, 0.15) is 35.9 Å². The Balaban J connectivity index is 2.05. The maximum atomic E-state index is 15.4. The standard InChI is InChI=1S/C36H50F4N4O10SSi/c1-10-56(11-2,12-3)54-29(23-13-16-26(37)28(19-23)43(55(49)50)22-30(45)52-34(4,5)6)21-42(33(48)53-35(7,8)9)17-18-51-24-14-15-25-27(20-24)44(32(46)47)41-31(25)36(38,39)40/h13-16,19-20,29H,10-12,17-18,21-22H2,1-9H3,(H,46,47)(H,49,50)/p-1. The van der Waals surface area contributed by atoms with Crippen LogP contribution in [0.2, 0.25) is 18.1 Å². The quantitative estimate of drug-likeness (QED) is 0.0641. The number of carbonyl (C=O) groups excluding carboxylic acids is 2. The highest BCUT2D eigenvalue weighted by molar-refractivity contribution is 7.80. The molecule has 0 saturated carbocycles. The van der Waals surface area contributed by atoms with E-state index in [4.69, 9.17) is 18.6 Å². The van der Waals surface area contributed by atoms with Crippen LogP contribution in [0.25, 0.3) is 10.9 Å². The van der Waals surface area contributed by atoms with E-state index in [1.807, 2.05) is 20.8 Å². The normalized spacial score (nSPS) is 13.6. The minimum Gasteiger partial charge on any atom is -0.755 e. The minimum absolute atomic E-state index is 0.0150. The molecule has 2 atom stereocenters. The van der Waals surface area contributed by atoms with Crippen molar-refractivity contribution in [3.05, 3.63) is 53.5 Å². The molecule has 312 valence electrons. The van der Waals surface area contributed by atoms with Crippen molar-refractivity contribution >= 4 is 54.3 Å². The van der Waals surface area contributed by atoms with Gasteiger partial charge in [0.15, 0.2) is 14.0 Å². The van der Waals surface area contributed by atoms with Crippen LogP contribution in [0.4, 0.5) is 32.8 Å². The Bertz CT molecular complexity index is 1890. The summed E-state index contributed by atoms with van der Waals surface area (Å²) >= 11 is -3.11. The third-order valence-electron chi connectivity index (χ3n) is 8.58. The fourth-order valence-electron chi connectivity index (χ4n) is 5.74. The van der Waals surface area contributed by atoms with Crippen molar-refractivity contribution in [2.45, 2.75) is 104 Å². The monoisotopic (exact) mass is 833 g/mol. The molecule has 2 aromatic carbocycles. The summed E-state index contributed by atoms with van der Waals surface area (Å²) in [6.45, 7) is 14.2. The predicted molar refractivity (Wildman–Crippen MR) is 201 cm³/mol. The number of halogens is 4. The zero-order valence-corrected chi connectivity index (χ0v) is 34.6. The SMILES string of the molecule is CC[Si](CC)(CC)OC(CN(CCOc1ccc2c(C(F)(F)F)nn(C(=O)O)c2c1)C(=O)OC(C)(C)C)c1ccc(F)c(N(CC(=O)OC(C)(C)C)S(=O)[O-])c1. The molecular weight excluding hydrogens is 785 g/mol. The molecule has 1 aromatic heterocycles. The second-order valence-corrected chi connectivity index (χ2v) is 20.5. The van der Waals surface area contributed by atoms with Gasteiger partial charge in [-0.05, 0) is 89.5 Å². The van der Waals surface area contributed by atoms with Gasteiger partial charge in [0.2, 0.25) is 0 Å². The Hall–Kier alpha value is -4.27. The summed E-state index contributed by atoms with van der Waals surface area (Å²) in [5, 5.41) is 12.2. The second kappa shape index (κ2) is 18.3. The van der Waals surface area contributed by atoms with E-state index in [-0.39, 0.29) is 41.2 Å². The van der Waals surface area contributed by atoms with Crippen LogP contribution < -0.4 is 9.04 Å². The lowest BCUT2D eigenvalue weighted by molar-refractivity contribution is -0.152. The summed E-state index contributed by atoms with van der Waals surface area (Å²) in [7, 11) is -2.53. The third-order valence-corrected chi connectivity index (χ3v) is 13.9. The van der Waals surface area contributed by atoms with Gasteiger partial charge in [0, 0.05) is 22.7 Å². The van der Waals surface area contributed by atoms with Gasteiger partial charge in [-0.25, -0.2) is 14.0 Å². The maximum Gasteiger partial charge on any atom is 0.435 e. The highest BCUT2D eigenvalue weighted by Crippen LogP contribution is 2.36. The molecule has 0 aliphatic carbocycles. The Morgan fingerprint density at radius 3 is 2.09 bits per heavy atom. The first-order valence-corrected chi connectivity index (χ1v) is 21.4.